The maximum Gasteiger partial charge on any atom is 0.278 e. The van der Waals surface area contributed by atoms with Gasteiger partial charge in [-0.2, -0.15) is 5.10 Å². The highest BCUT2D eigenvalue weighted by Crippen LogP contribution is 2.42. The number of aromatic amines is 1. The van der Waals surface area contributed by atoms with Gasteiger partial charge < -0.3 is 15.6 Å². The van der Waals surface area contributed by atoms with Crippen LogP contribution in [0.15, 0.2) is 23.1 Å². The van der Waals surface area contributed by atoms with Crippen molar-refractivity contribution in [1.82, 2.24) is 14.8 Å². The Morgan fingerprint density at radius 2 is 2.25 bits per heavy atom. The first kappa shape index (κ1) is 12.5. The summed E-state index contributed by atoms with van der Waals surface area (Å²) in [6.07, 6.45) is 3.70. The molecule has 0 bridgehead atoms. The zero-order valence-corrected chi connectivity index (χ0v) is 11.0. The van der Waals surface area contributed by atoms with Crippen molar-refractivity contribution in [2.45, 2.75) is 18.8 Å². The van der Waals surface area contributed by atoms with Crippen LogP contribution in [0.3, 0.4) is 0 Å². The molecule has 2 heterocycles. The van der Waals surface area contributed by atoms with Crippen molar-refractivity contribution in [3.8, 4) is 0 Å². The second-order valence-electron chi connectivity index (χ2n) is 4.99. The van der Waals surface area contributed by atoms with Crippen LogP contribution in [-0.4, -0.2) is 20.7 Å². The summed E-state index contributed by atoms with van der Waals surface area (Å²) in [4.78, 5) is 23.4. The Morgan fingerprint density at radius 3 is 2.90 bits per heavy atom. The molecule has 2 aromatic heterocycles. The van der Waals surface area contributed by atoms with Crippen LogP contribution < -0.4 is 16.6 Å². The number of aryl methyl sites for hydroxylation is 1. The molecule has 104 valence electrons. The molecule has 1 amide bonds. The summed E-state index contributed by atoms with van der Waals surface area (Å²) in [6.45, 7) is 0. The van der Waals surface area contributed by atoms with E-state index in [1.807, 2.05) is 0 Å². The number of nitrogens with one attached hydrogen (secondary N) is 2. The molecule has 2 aromatic rings. The third-order valence-corrected chi connectivity index (χ3v) is 3.38. The summed E-state index contributed by atoms with van der Waals surface area (Å²) in [5.74, 6) is 0.0193. The minimum Gasteiger partial charge on any atom is -0.395 e. The van der Waals surface area contributed by atoms with E-state index in [1.54, 1.807) is 19.3 Å². The number of nitrogen functional groups attached to an aromatic ring is 1. The number of hydrogen-bond donors (Lipinski definition) is 3. The number of aromatic nitrogens is 3. The van der Waals surface area contributed by atoms with Gasteiger partial charge in [-0.15, -0.1) is 0 Å². The van der Waals surface area contributed by atoms with E-state index < -0.39 is 0 Å². The van der Waals surface area contributed by atoms with E-state index in [2.05, 4.69) is 15.5 Å². The molecule has 0 unspecified atom stereocenters. The lowest BCUT2D eigenvalue weighted by molar-refractivity contribution is 0.102. The van der Waals surface area contributed by atoms with Gasteiger partial charge in [0.15, 0.2) is 5.69 Å². The highest BCUT2D eigenvalue weighted by atomic mass is 16.2. The van der Waals surface area contributed by atoms with Crippen molar-refractivity contribution in [3.05, 3.63) is 40.1 Å². The van der Waals surface area contributed by atoms with E-state index in [0.29, 0.717) is 17.3 Å². The van der Waals surface area contributed by atoms with Crippen LogP contribution in [0, 0.1) is 0 Å². The van der Waals surface area contributed by atoms with Crippen LogP contribution in [0.5, 0.6) is 0 Å². The Morgan fingerprint density at radius 1 is 1.50 bits per heavy atom. The fourth-order valence-corrected chi connectivity index (χ4v) is 2.08. The molecule has 7 nitrogen and oxygen atoms in total. The van der Waals surface area contributed by atoms with Crippen molar-refractivity contribution in [3.63, 3.8) is 0 Å². The van der Waals surface area contributed by atoms with E-state index >= 15 is 0 Å². The summed E-state index contributed by atoms with van der Waals surface area (Å²) in [7, 11) is 1.62. The Bertz CT molecular complexity index is 727. The third kappa shape index (κ3) is 2.18. The van der Waals surface area contributed by atoms with Gasteiger partial charge >= 0.3 is 0 Å². The number of carbonyl (C=O) groups is 1. The first-order chi connectivity index (χ1) is 9.56. The minimum absolute atomic E-state index is 0.140. The van der Waals surface area contributed by atoms with Gasteiger partial charge in [0.25, 0.3) is 5.91 Å². The van der Waals surface area contributed by atoms with Gasteiger partial charge in [0.2, 0.25) is 5.56 Å². The fourth-order valence-electron chi connectivity index (χ4n) is 2.08. The van der Waals surface area contributed by atoms with Crippen molar-refractivity contribution in [2.75, 3.05) is 11.1 Å². The highest BCUT2D eigenvalue weighted by molar-refractivity contribution is 6.06. The maximum atomic E-state index is 12.1. The molecule has 0 aliphatic heterocycles. The number of hydrogen-bond acceptors (Lipinski definition) is 4. The van der Waals surface area contributed by atoms with E-state index in [1.165, 1.54) is 10.6 Å². The Kier molecular flexibility index (Phi) is 2.81. The van der Waals surface area contributed by atoms with Crippen molar-refractivity contribution in [1.29, 1.82) is 0 Å². The Hall–Kier alpha value is -2.57. The molecular weight excluding hydrogens is 258 g/mol. The predicted octanol–water partition coefficient (Wildman–Crippen LogP) is 0.820. The van der Waals surface area contributed by atoms with Gasteiger partial charge in [-0.25, -0.2) is 0 Å². The SMILES string of the molecule is Cn1cc(NC(=O)c2n[nH]c(C3CC3)c2N)ccc1=O. The second kappa shape index (κ2) is 4.52. The molecule has 0 radical (unpaired) electrons. The van der Waals surface area contributed by atoms with Crippen LogP contribution in [0.4, 0.5) is 11.4 Å². The number of anilines is 2. The van der Waals surface area contributed by atoms with Gasteiger partial charge in [-0.1, -0.05) is 0 Å². The molecule has 0 saturated heterocycles. The molecule has 1 fully saturated rings. The highest BCUT2D eigenvalue weighted by Gasteiger charge is 2.30. The van der Waals surface area contributed by atoms with Gasteiger partial charge in [0, 0.05) is 25.2 Å². The van der Waals surface area contributed by atoms with Gasteiger partial charge in [0.05, 0.1) is 17.1 Å². The van der Waals surface area contributed by atoms with Crippen LogP contribution in [0.1, 0.15) is 34.9 Å². The average molecular weight is 273 g/mol. The van der Waals surface area contributed by atoms with E-state index in [9.17, 15) is 9.59 Å². The number of rotatable bonds is 3. The summed E-state index contributed by atoms with van der Waals surface area (Å²) >= 11 is 0. The van der Waals surface area contributed by atoms with E-state index in [0.717, 1.165) is 18.5 Å². The third-order valence-electron chi connectivity index (χ3n) is 3.38. The lowest BCUT2D eigenvalue weighted by atomic mass is 10.2. The lowest BCUT2D eigenvalue weighted by Crippen LogP contribution is -2.18. The molecule has 7 heteroatoms. The summed E-state index contributed by atoms with van der Waals surface area (Å²) in [5.41, 5.74) is 7.77. The number of nitrogens with two attached hydrogens (primary N) is 1. The molecule has 4 N–H and O–H groups in total. The van der Waals surface area contributed by atoms with Crippen LogP contribution >= 0.6 is 0 Å². The first-order valence-electron chi connectivity index (χ1n) is 6.38. The fraction of sp³-hybridized carbons (Fsp3) is 0.308. The van der Waals surface area contributed by atoms with Crippen molar-refractivity contribution in [2.24, 2.45) is 7.05 Å². The molecule has 20 heavy (non-hydrogen) atoms. The maximum absolute atomic E-state index is 12.1. The van der Waals surface area contributed by atoms with Crippen LogP contribution in [-0.2, 0) is 7.05 Å². The first-order valence-corrected chi connectivity index (χ1v) is 6.38. The summed E-state index contributed by atoms with van der Waals surface area (Å²) in [6, 6.07) is 2.93. The van der Waals surface area contributed by atoms with Crippen LogP contribution in [0.2, 0.25) is 0 Å². The molecular formula is C13H15N5O2. The smallest absolute Gasteiger partial charge is 0.278 e. The van der Waals surface area contributed by atoms with Crippen molar-refractivity contribution >= 4 is 17.3 Å². The lowest BCUT2D eigenvalue weighted by Gasteiger charge is -2.05. The number of amides is 1. The largest absolute Gasteiger partial charge is 0.395 e. The summed E-state index contributed by atoms with van der Waals surface area (Å²) < 4.78 is 1.39. The molecule has 1 aliphatic carbocycles. The van der Waals surface area contributed by atoms with E-state index in [4.69, 9.17) is 5.73 Å². The predicted molar refractivity (Wildman–Crippen MR) is 74.6 cm³/mol. The molecule has 1 saturated carbocycles. The number of pyridine rings is 1. The van der Waals surface area contributed by atoms with Crippen LogP contribution in [0.25, 0.3) is 0 Å². The molecule has 0 spiro atoms. The van der Waals surface area contributed by atoms with E-state index in [-0.39, 0.29) is 17.2 Å². The standard InChI is InChI=1S/C13H15N5O2/c1-18-6-8(4-5-9(18)19)15-13(20)12-10(14)11(16-17-12)7-2-3-7/h4-7H,2-3,14H2,1H3,(H,15,20)(H,16,17). The van der Waals surface area contributed by atoms with Gasteiger partial charge in [-0.3, -0.25) is 14.7 Å². The number of nitrogens with zero attached hydrogens (tertiary/aromatic N) is 2. The quantitative estimate of drug-likeness (QED) is 0.769. The Balaban J connectivity index is 1.82. The zero-order chi connectivity index (χ0) is 14.3. The topological polar surface area (TPSA) is 106 Å². The molecule has 3 rings (SSSR count). The minimum atomic E-state index is -0.385. The monoisotopic (exact) mass is 273 g/mol. The molecule has 1 aliphatic rings. The molecule has 0 atom stereocenters. The summed E-state index contributed by atoms with van der Waals surface area (Å²) in [5, 5.41) is 9.49. The Labute approximate surface area is 114 Å². The average Bonchev–Trinajstić information content (AvgIpc) is 3.17. The van der Waals surface area contributed by atoms with Gasteiger partial charge in [-0.05, 0) is 18.9 Å². The normalized spacial score (nSPS) is 14.2. The molecule has 0 aromatic carbocycles. The second-order valence-corrected chi connectivity index (χ2v) is 4.99. The zero-order valence-electron chi connectivity index (χ0n) is 11.0. The number of H-pyrrole nitrogens is 1. The number of carbonyl (C=O) groups excluding carboxylic acids is 1. The van der Waals surface area contributed by atoms with Crippen molar-refractivity contribution < 1.29 is 4.79 Å². The van der Waals surface area contributed by atoms with Gasteiger partial charge in [0.1, 0.15) is 0 Å².